The van der Waals surface area contributed by atoms with E-state index in [1.165, 1.54) is 12.1 Å². The molecular weight excluding hydrogens is 369 g/mol. The Morgan fingerprint density at radius 1 is 1.28 bits per heavy atom. The molecule has 1 heterocycles. The van der Waals surface area contributed by atoms with E-state index in [4.69, 9.17) is 4.99 Å². The van der Waals surface area contributed by atoms with Gasteiger partial charge in [0.25, 0.3) is 0 Å². The van der Waals surface area contributed by atoms with Gasteiger partial charge in [0.15, 0.2) is 5.96 Å². The molecule has 6 nitrogen and oxygen atoms in total. The van der Waals surface area contributed by atoms with Crippen molar-refractivity contribution in [1.29, 1.82) is 0 Å². The zero-order chi connectivity index (χ0) is 20.9. The molecule has 0 radical (unpaired) electrons. The Morgan fingerprint density at radius 2 is 2.03 bits per heavy atom. The van der Waals surface area contributed by atoms with Crippen LogP contribution in [0, 0.1) is 11.2 Å². The number of aliphatic imine (C=N–C) groups is 1. The molecule has 0 atom stereocenters. The first-order valence-corrected chi connectivity index (χ1v) is 10.4. The summed E-state index contributed by atoms with van der Waals surface area (Å²) in [6, 6.07) is 4.81. The Bertz CT molecular complexity index is 867. The number of rotatable bonds is 7. The molecule has 0 spiro atoms. The molecule has 3 rings (SSSR count). The number of nitrogens with zero attached hydrogens (tertiary/aromatic N) is 2. The van der Waals surface area contributed by atoms with E-state index in [2.05, 4.69) is 15.6 Å². The lowest BCUT2D eigenvalue weighted by molar-refractivity contribution is -0.138. The topological polar surface area (TPSA) is 72.5 Å². The van der Waals surface area contributed by atoms with E-state index in [-0.39, 0.29) is 17.1 Å². The number of carbonyl (C=O) groups excluding carboxylic acids is 1. The predicted molar refractivity (Wildman–Crippen MR) is 116 cm³/mol. The molecule has 0 saturated heterocycles. The first-order valence-electron chi connectivity index (χ1n) is 10.4. The smallest absolute Gasteiger partial charge is 0.230 e. The predicted octanol–water partition coefficient (Wildman–Crippen LogP) is 3.05. The van der Waals surface area contributed by atoms with Crippen LogP contribution >= 0.6 is 0 Å². The summed E-state index contributed by atoms with van der Waals surface area (Å²) in [6.07, 6.45) is 6.69. The van der Waals surface area contributed by atoms with Gasteiger partial charge in [-0.1, -0.05) is 12.8 Å². The van der Waals surface area contributed by atoms with Gasteiger partial charge in [-0.05, 0) is 49.9 Å². The van der Waals surface area contributed by atoms with Gasteiger partial charge in [0.05, 0.1) is 12.0 Å². The van der Waals surface area contributed by atoms with Gasteiger partial charge in [-0.2, -0.15) is 0 Å². The maximum atomic E-state index is 13.4. The lowest BCUT2D eigenvalue weighted by atomic mass is 9.85. The number of fused-ring (bicyclic) bond motifs is 1. The summed E-state index contributed by atoms with van der Waals surface area (Å²) in [4.78, 5) is 22.3. The highest BCUT2D eigenvalue weighted by atomic mass is 19.1. The Morgan fingerprint density at radius 3 is 2.72 bits per heavy atom. The third kappa shape index (κ3) is 4.89. The molecule has 1 aromatic carbocycles. The molecule has 0 aliphatic heterocycles. The van der Waals surface area contributed by atoms with Crippen molar-refractivity contribution in [3.8, 4) is 0 Å². The number of hydrogen-bond donors (Lipinski definition) is 3. The molecule has 29 heavy (non-hydrogen) atoms. The van der Waals surface area contributed by atoms with Crippen molar-refractivity contribution in [3.05, 3.63) is 35.8 Å². The van der Waals surface area contributed by atoms with Crippen molar-refractivity contribution in [3.63, 3.8) is 0 Å². The standard InChI is InChI=1S/C22H32FN5O/c1-4-24-21(27-15-22(10-5-6-11-22)20(29)28(2)3)25-12-9-16-14-26-19-13-17(23)7-8-18(16)19/h7-8,13-14,26H,4-6,9-12,15H2,1-3H3,(H2,24,25,27). The second-order valence-electron chi connectivity index (χ2n) is 8.06. The normalized spacial score (nSPS) is 16.2. The fraction of sp³-hybridized carbons (Fsp3) is 0.545. The van der Waals surface area contributed by atoms with Crippen LogP contribution in [-0.2, 0) is 11.2 Å². The highest BCUT2D eigenvalue weighted by molar-refractivity contribution is 5.85. The number of aromatic nitrogens is 1. The molecule has 1 aliphatic carbocycles. The number of benzene rings is 1. The molecule has 1 aliphatic rings. The number of aromatic amines is 1. The Hall–Kier alpha value is -2.57. The van der Waals surface area contributed by atoms with E-state index in [1.54, 1.807) is 4.90 Å². The van der Waals surface area contributed by atoms with E-state index in [1.807, 2.05) is 33.3 Å². The number of halogens is 1. The Balaban J connectivity index is 1.63. The van der Waals surface area contributed by atoms with Crippen LogP contribution in [0.25, 0.3) is 10.9 Å². The lowest BCUT2D eigenvalue weighted by Crippen LogP contribution is -2.43. The monoisotopic (exact) mass is 401 g/mol. The van der Waals surface area contributed by atoms with E-state index in [9.17, 15) is 9.18 Å². The zero-order valence-electron chi connectivity index (χ0n) is 17.6. The van der Waals surface area contributed by atoms with Crippen LogP contribution in [-0.4, -0.2) is 55.5 Å². The Kier molecular flexibility index (Phi) is 6.77. The molecule has 3 N–H and O–H groups in total. The van der Waals surface area contributed by atoms with Gasteiger partial charge in [0.2, 0.25) is 5.91 Å². The van der Waals surface area contributed by atoms with Crippen LogP contribution in [0.1, 0.15) is 38.2 Å². The summed E-state index contributed by atoms with van der Waals surface area (Å²) < 4.78 is 13.4. The first kappa shape index (κ1) is 21.1. The summed E-state index contributed by atoms with van der Waals surface area (Å²) in [5.41, 5.74) is 1.58. The molecule has 0 unspecified atom stereocenters. The third-order valence-electron chi connectivity index (χ3n) is 5.72. The van der Waals surface area contributed by atoms with Gasteiger partial charge < -0.3 is 20.5 Å². The number of amides is 1. The van der Waals surface area contributed by atoms with Crippen molar-refractivity contribution >= 4 is 22.8 Å². The second kappa shape index (κ2) is 9.29. The van der Waals surface area contributed by atoms with E-state index in [0.717, 1.165) is 61.1 Å². The zero-order valence-corrected chi connectivity index (χ0v) is 17.6. The van der Waals surface area contributed by atoms with E-state index in [0.29, 0.717) is 13.1 Å². The minimum atomic E-state index is -0.368. The number of nitrogens with one attached hydrogen (secondary N) is 3. The summed E-state index contributed by atoms with van der Waals surface area (Å²) >= 11 is 0. The quantitative estimate of drug-likeness (QED) is 0.493. The van der Waals surface area contributed by atoms with Crippen LogP contribution in [0.4, 0.5) is 4.39 Å². The van der Waals surface area contributed by atoms with Gasteiger partial charge >= 0.3 is 0 Å². The average molecular weight is 402 g/mol. The van der Waals surface area contributed by atoms with Crippen LogP contribution in [0.2, 0.25) is 0 Å². The van der Waals surface area contributed by atoms with Crippen molar-refractivity contribution < 1.29 is 9.18 Å². The van der Waals surface area contributed by atoms with Gasteiger partial charge in [-0.25, -0.2) is 4.39 Å². The third-order valence-corrected chi connectivity index (χ3v) is 5.72. The van der Waals surface area contributed by atoms with E-state index < -0.39 is 0 Å². The highest BCUT2D eigenvalue weighted by Crippen LogP contribution is 2.39. The fourth-order valence-electron chi connectivity index (χ4n) is 4.22. The van der Waals surface area contributed by atoms with Crippen molar-refractivity contribution in [2.75, 3.05) is 33.7 Å². The minimum absolute atomic E-state index is 0.181. The summed E-state index contributed by atoms with van der Waals surface area (Å²) in [7, 11) is 3.64. The molecule has 1 saturated carbocycles. The molecule has 0 bridgehead atoms. The molecular formula is C22H32FN5O. The van der Waals surface area contributed by atoms with Crippen LogP contribution in [0.15, 0.2) is 29.4 Å². The number of hydrogen-bond acceptors (Lipinski definition) is 2. The van der Waals surface area contributed by atoms with Gasteiger partial charge in [-0.15, -0.1) is 0 Å². The molecule has 1 aromatic heterocycles. The largest absolute Gasteiger partial charge is 0.361 e. The molecule has 1 amide bonds. The van der Waals surface area contributed by atoms with Gasteiger partial charge in [-0.3, -0.25) is 9.79 Å². The highest BCUT2D eigenvalue weighted by Gasteiger charge is 2.42. The van der Waals surface area contributed by atoms with Crippen molar-refractivity contribution in [2.24, 2.45) is 10.4 Å². The number of H-pyrrole nitrogens is 1. The fourth-order valence-corrected chi connectivity index (χ4v) is 4.22. The minimum Gasteiger partial charge on any atom is -0.361 e. The maximum Gasteiger partial charge on any atom is 0.230 e. The molecule has 1 fully saturated rings. The lowest BCUT2D eigenvalue weighted by Gasteiger charge is -2.29. The van der Waals surface area contributed by atoms with Crippen LogP contribution in [0.3, 0.4) is 0 Å². The first-order chi connectivity index (χ1) is 13.9. The molecule has 2 aromatic rings. The molecule has 7 heteroatoms. The van der Waals surface area contributed by atoms with Crippen LogP contribution < -0.4 is 10.6 Å². The summed E-state index contributed by atoms with van der Waals surface area (Å²) in [6.45, 7) is 3.99. The van der Waals surface area contributed by atoms with Crippen molar-refractivity contribution in [2.45, 2.75) is 39.0 Å². The maximum absolute atomic E-state index is 13.4. The number of carbonyl (C=O) groups is 1. The summed E-state index contributed by atoms with van der Waals surface area (Å²) in [5, 5.41) is 7.68. The second-order valence-corrected chi connectivity index (χ2v) is 8.06. The van der Waals surface area contributed by atoms with E-state index >= 15 is 0 Å². The van der Waals surface area contributed by atoms with Crippen molar-refractivity contribution in [1.82, 2.24) is 20.5 Å². The Labute approximate surface area is 172 Å². The number of guanidine groups is 1. The molecule has 158 valence electrons. The van der Waals surface area contributed by atoms with Gasteiger partial charge in [0.1, 0.15) is 5.82 Å². The SMILES string of the molecule is CCNC(=NCC1(C(=O)N(C)C)CCCC1)NCCc1c[nH]c2cc(F)ccc12. The van der Waals surface area contributed by atoms with Crippen LogP contribution in [0.5, 0.6) is 0 Å². The summed E-state index contributed by atoms with van der Waals surface area (Å²) in [5.74, 6) is 0.676. The average Bonchev–Trinajstić information content (AvgIpc) is 3.33. The van der Waals surface area contributed by atoms with Gasteiger partial charge in [0, 0.05) is 44.3 Å².